The van der Waals surface area contributed by atoms with Crippen molar-refractivity contribution in [3.63, 3.8) is 0 Å². The molecule has 10 heteroatoms. The molecule has 0 atom stereocenters. The van der Waals surface area contributed by atoms with E-state index in [-0.39, 0.29) is 23.6 Å². The SMILES string of the molecule is CCOc1cc(-c2ccc(CC(=O)Nc3cc(C(C)(C)C(F)(F)F)no3)c(F)c2)cnc1C. The van der Waals surface area contributed by atoms with E-state index < -0.39 is 23.3 Å². The van der Waals surface area contributed by atoms with Gasteiger partial charge in [-0.1, -0.05) is 17.3 Å². The maximum atomic E-state index is 14.7. The molecule has 0 bridgehead atoms. The fraction of sp³-hybridized carbons (Fsp3) is 0.348. The lowest BCUT2D eigenvalue weighted by atomic mass is 9.89. The third-order valence-electron chi connectivity index (χ3n) is 5.20. The van der Waals surface area contributed by atoms with Crippen molar-refractivity contribution in [2.24, 2.45) is 0 Å². The Bertz CT molecular complexity index is 1160. The number of carbonyl (C=O) groups excluding carboxylic acids is 1. The smallest absolute Gasteiger partial charge is 0.399 e. The summed E-state index contributed by atoms with van der Waals surface area (Å²) in [5.41, 5.74) is -0.604. The van der Waals surface area contributed by atoms with E-state index in [0.717, 1.165) is 19.9 Å². The molecule has 33 heavy (non-hydrogen) atoms. The van der Waals surface area contributed by atoms with Crippen LogP contribution in [0.25, 0.3) is 11.1 Å². The molecule has 3 aromatic rings. The summed E-state index contributed by atoms with van der Waals surface area (Å²) in [5, 5.41) is 5.71. The second kappa shape index (κ2) is 9.21. The van der Waals surface area contributed by atoms with Crippen molar-refractivity contribution < 1.29 is 31.6 Å². The van der Waals surface area contributed by atoms with Crippen LogP contribution in [0.15, 0.2) is 41.1 Å². The second-order valence-corrected chi connectivity index (χ2v) is 7.97. The minimum Gasteiger partial charge on any atom is -0.492 e. The fourth-order valence-electron chi connectivity index (χ4n) is 2.97. The van der Waals surface area contributed by atoms with Crippen molar-refractivity contribution in [2.45, 2.75) is 45.7 Å². The van der Waals surface area contributed by atoms with Crippen LogP contribution >= 0.6 is 0 Å². The van der Waals surface area contributed by atoms with Crippen molar-refractivity contribution >= 4 is 11.8 Å². The molecule has 1 N–H and O–H groups in total. The zero-order valence-corrected chi connectivity index (χ0v) is 18.5. The Balaban J connectivity index is 1.71. The average Bonchev–Trinajstić information content (AvgIpc) is 3.19. The number of nitrogens with zero attached hydrogens (tertiary/aromatic N) is 2. The average molecular weight is 465 g/mol. The topological polar surface area (TPSA) is 77.2 Å². The van der Waals surface area contributed by atoms with Gasteiger partial charge in [-0.25, -0.2) is 4.39 Å². The highest BCUT2D eigenvalue weighted by atomic mass is 19.4. The molecule has 0 spiro atoms. The first-order valence-electron chi connectivity index (χ1n) is 10.1. The van der Waals surface area contributed by atoms with E-state index >= 15 is 0 Å². The lowest BCUT2D eigenvalue weighted by Crippen LogP contribution is -2.36. The summed E-state index contributed by atoms with van der Waals surface area (Å²) in [6.45, 7) is 6.03. The van der Waals surface area contributed by atoms with Gasteiger partial charge in [0.15, 0.2) is 0 Å². The first kappa shape index (κ1) is 24.2. The van der Waals surface area contributed by atoms with Gasteiger partial charge in [-0.2, -0.15) is 13.2 Å². The molecule has 0 fully saturated rings. The van der Waals surface area contributed by atoms with Crippen LogP contribution in [-0.4, -0.2) is 28.8 Å². The number of hydrogen-bond donors (Lipinski definition) is 1. The molecule has 1 amide bonds. The van der Waals surface area contributed by atoms with E-state index in [1.807, 2.05) is 6.92 Å². The summed E-state index contributed by atoms with van der Waals surface area (Å²) in [7, 11) is 0. The van der Waals surface area contributed by atoms with Gasteiger partial charge in [0.05, 0.1) is 18.7 Å². The number of carbonyl (C=O) groups is 1. The highest BCUT2D eigenvalue weighted by Crippen LogP contribution is 2.40. The number of nitrogens with one attached hydrogen (secondary N) is 1. The predicted octanol–water partition coefficient (Wildman–Crippen LogP) is 5.60. The molecule has 0 aliphatic carbocycles. The number of alkyl halides is 3. The van der Waals surface area contributed by atoms with Crippen LogP contribution in [0.5, 0.6) is 5.75 Å². The molecule has 0 aliphatic rings. The molecule has 176 valence electrons. The molecule has 1 aromatic carbocycles. The molecular formula is C23H23F4N3O3. The normalized spacial score (nSPS) is 12.0. The first-order valence-corrected chi connectivity index (χ1v) is 10.1. The number of amides is 1. The Morgan fingerprint density at radius 3 is 2.52 bits per heavy atom. The third kappa shape index (κ3) is 5.32. The highest BCUT2D eigenvalue weighted by Gasteiger charge is 2.50. The maximum Gasteiger partial charge on any atom is 0.399 e. The Morgan fingerprint density at radius 1 is 1.15 bits per heavy atom. The summed E-state index contributed by atoms with van der Waals surface area (Å²) >= 11 is 0. The molecule has 2 aromatic heterocycles. The Hall–Kier alpha value is -3.43. The van der Waals surface area contributed by atoms with Gasteiger partial charge in [0.2, 0.25) is 11.8 Å². The number of rotatable bonds is 7. The van der Waals surface area contributed by atoms with Gasteiger partial charge in [-0.3, -0.25) is 15.1 Å². The van der Waals surface area contributed by atoms with Crippen molar-refractivity contribution in [2.75, 3.05) is 11.9 Å². The number of benzene rings is 1. The summed E-state index contributed by atoms with van der Waals surface area (Å²) < 4.78 is 64.4. The predicted molar refractivity (Wildman–Crippen MR) is 113 cm³/mol. The van der Waals surface area contributed by atoms with Crippen molar-refractivity contribution in [3.05, 3.63) is 59.3 Å². The monoisotopic (exact) mass is 465 g/mol. The summed E-state index contributed by atoms with van der Waals surface area (Å²) in [5.74, 6) is -0.931. The van der Waals surface area contributed by atoms with Crippen LogP contribution in [-0.2, 0) is 16.6 Å². The standard InChI is InChI=1S/C23H23F4N3O3/c1-5-32-18-9-16(12-28-13(18)2)14-6-7-15(17(24)8-14)10-20(31)29-21-11-19(30-33-21)22(3,4)23(25,26)27/h6-9,11-12H,5,10H2,1-4H3,(H,29,31). The van der Waals surface area contributed by atoms with Gasteiger partial charge in [0, 0.05) is 17.8 Å². The quantitative estimate of drug-likeness (QED) is 0.460. The summed E-state index contributed by atoms with van der Waals surface area (Å²) in [6, 6.07) is 7.15. The molecule has 0 saturated carbocycles. The molecule has 6 nitrogen and oxygen atoms in total. The Morgan fingerprint density at radius 2 is 1.88 bits per heavy atom. The number of halogens is 4. The molecule has 0 saturated heterocycles. The molecule has 3 rings (SSSR count). The molecule has 2 heterocycles. The third-order valence-corrected chi connectivity index (χ3v) is 5.20. The van der Waals surface area contributed by atoms with Crippen molar-refractivity contribution in [1.82, 2.24) is 10.1 Å². The lowest BCUT2D eigenvalue weighted by Gasteiger charge is -2.24. The van der Waals surface area contributed by atoms with Crippen LogP contribution in [0, 0.1) is 12.7 Å². The van der Waals surface area contributed by atoms with Crippen LogP contribution in [0.1, 0.15) is 37.7 Å². The van der Waals surface area contributed by atoms with E-state index in [1.54, 1.807) is 25.3 Å². The largest absolute Gasteiger partial charge is 0.492 e. The van der Waals surface area contributed by atoms with E-state index in [0.29, 0.717) is 29.2 Å². The van der Waals surface area contributed by atoms with Crippen LogP contribution in [0.4, 0.5) is 23.4 Å². The Labute approximate surface area is 188 Å². The lowest BCUT2D eigenvalue weighted by molar-refractivity contribution is -0.181. The fourth-order valence-corrected chi connectivity index (χ4v) is 2.97. The minimum atomic E-state index is -4.55. The first-order chi connectivity index (χ1) is 15.4. The van der Waals surface area contributed by atoms with Gasteiger partial charge < -0.3 is 9.26 Å². The van der Waals surface area contributed by atoms with E-state index in [2.05, 4.69) is 15.5 Å². The minimum absolute atomic E-state index is 0.108. The van der Waals surface area contributed by atoms with Gasteiger partial charge in [-0.15, -0.1) is 0 Å². The van der Waals surface area contributed by atoms with Gasteiger partial charge in [0.1, 0.15) is 22.7 Å². The molecule has 0 aliphatic heterocycles. The molecule has 0 unspecified atom stereocenters. The Kier molecular flexibility index (Phi) is 6.76. The second-order valence-electron chi connectivity index (χ2n) is 7.97. The van der Waals surface area contributed by atoms with E-state index in [4.69, 9.17) is 9.26 Å². The summed E-state index contributed by atoms with van der Waals surface area (Å²) in [6.07, 6.45) is -3.30. The van der Waals surface area contributed by atoms with Gasteiger partial charge in [0.25, 0.3) is 0 Å². The zero-order valence-electron chi connectivity index (χ0n) is 18.5. The number of ether oxygens (including phenoxy) is 1. The number of anilines is 1. The van der Waals surface area contributed by atoms with Crippen molar-refractivity contribution in [3.8, 4) is 16.9 Å². The van der Waals surface area contributed by atoms with E-state index in [1.165, 1.54) is 12.1 Å². The maximum absolute atomic E-state index is 14.7. The van der Waals surface area contributed by atoms with Gasteiger partial charge in [-0.05, 0) is 51.0 Å². The number of aryl methyl sites for hydroxylation is 1. The summed E-state index contributed by atoms with van der Waals surface area (Å²) in [4.78, 5) is 16.5. The highest BCUT2D eigenvalue weighted by molar-refractivity contribution is 5.91. The van der Waals surface area contributed by atoms with E-state index in [9.17, 15) is 22.4 Å². The van der Waals surface area contributed by atoms with Crippen LogP contribution in [0.2, 0.25) is 0 Å². The van der Waals surface area contributed by atoms with Crippen LogP contribution < -0.4 is 10.1 Å². The zero-order chi connectivity index (χ0) is 24.4. The number of pyridine rings is 1. The van der Waals surface area contributed by atoms with Crippen LogP contribution in [0.3, 0.4) is 0 Å². The molecule has 0 radical (unpaired) electrons. The van der Waals surface area contributed by atoms with Crippen molar-refractivity contribution in [1.29, 1.82) is 0 Å². The number of aromatic nitrogens is 2. The number of hydrogen-bond acceptors (Lipinski definition) is 5. The molecular weight excluding hydrogens is 442 g/mol. The van der Waals surface area contributed by atoms with Gasteiger partial charge >= 0.3 is 6.18 Å².